The molecule has 0 aliphatic carbocycles. The lowest BCUT2D eigenvalue weighted by Crippen LogP contribution is -2.45. The highest BCUT2D eigenvalue weighted by Gasteiger charge is 2.27. The average molecular weight is 376 g/mol. The molecule has 2 heterocycles. The quantitative estimate of drug-likeness (QED) is 0.853. The first-order valence-corrected chi connectivity index (χ1v) is 10.2. The Bertz CT molecular complexity index is 848. The van der Waals surface area contributed by atoms with E-state index < -0.39 is 10.0 Å². The molecule has 1 fully saturated rings. The van der Waals surface area contributed by atoms with Crippen molar-refractivity contribution in [3.05, 3.63) is 48.4 Å². The molecule has 1 aliphatic rings. The van der Waals surface area contributed by atoms with Gasteiger partial charge in [-0.15, -0.1) is 0 Å². The minimum atomic E-state index is -3.68. The maximum atomic E-state index is 12.6. The number of benzene rings is 1. The lowest BCUT2D eigenvalue weighted by molar-refractivity contribution is -0.130. The van der Waals surface area contributed by atoms with Crippen LogP contribution in [0.15, 0.2) is 47.9 Å². The van der Waals surface area contributed by atoms with E-state index in [0.717, 1.165) is 18.4 Å². The van der Waals surface area contributed by atoms with Crippen LogP contribution in [0, 0.1) is 0 Å². The summed E-state index contributed by atoms with van der Waals surface area (Å²) in [5.74, 6) is 0.0279. The Kier molecular flexibility index (Phi) is 5.73. The second-order valence-corrected chi connectivity index (χ2v) is 8.35. The number of amides is 1. The molecule has 2 aromatic rings. The first-order chi connectivity index (χ1) is 12.4. The molecule has 140 valence electrons. The smallest absolute Gasteiger partial charge is 0.259 e. The van der Waals surface area contributed by atoms with Gasteiger partial charge in [-0.3, -0.25) is 4.79 Å². The van der Waals surface area contributed by atoms with Crippen molar-refractivity contribution in [2.75, 3.05) is 13.1 Å². The van der Waals surface area contributed by atoms with Crippen molar-refractivity contribution in [1.29, 1.82) is 0 Å². The molecule has 3 rings (SSSR count). The van der Waals surface area contributed by atoms with Crippen LogP contribution in [0.25, 0.3) is 0 Å². The monoisotopic (exact) mass is 376 g/mol. The largest absolute Gasteiger partial charge is 0.341 e. The second-order valence-electron chi connectivity index (χ2n) is 6.69. The van der Waals surface area contributed by atoms with Crippen LogP contribution < -0.4 is 4.72 Å². The molecule has 8 heteroatoms. The molecule has 0 radical (unpaired) electrons. The maximum Gasteiger partial charge on any atom is 0.259 e. The van der Waals surface area contributed by atoms with E-state index >= 15 is 0 Å². The number of hydrogen-bond acceptors (Lipinski definition) is 4. The summed E-state index contributed by atoms with van der Waals surface area (Å²) in [5, 5.41) is 0.00593. The van der Waals surface area contributed by atoms with E-state index in [1.807, 2.05) is 30.3 Å². The van der Waals surface area contributed by atoms with E-state index in [4.69, 9.17) is 0 Å². The van der Waals surface area contributed by atoms with E-state index in [0.29, 0.717) is 25.9 Å². The van der Waals surface area contributed by atoms with Crippen molar-refractivity contribution < 1.29 is 13.2 Å². The number of sulfonamides is 1. The van der Waals surface area contributed by atoms with Crippen LogP contribution >= 0.6 is 0 Å². The van der Waals surface area contributed by atoms with Gasteiger partial charge in [-0.05, 0) is 18.4 Å². The minimum Gasteiger partial charge on any atom is -0.341 e. The van der Waals surface area contributed by atoms with Gasteiger partial charge in [0, 0.05) is 32.4 Å². The molecule has 1 amide bonds. The third-order valence-electron chi connectivity index (χ3n) is 4.50. The van der Waals surface area contributed by atoms with Crippen molar-refractivity contribution in [2.45, 2.75) is 36.8 Å². The normalized spacial score (nSPS) is 18.5. The Balaban J connectivity index is 1.66. The number of rotatable bonds is 5. The van der Waals surface area contributed by atoms with Crippen LogP contribution in [0.5, 0.6) is 0 Å². The summed E-state index contributed by atoms with van der Waals surface area (Å²) in [7, 11) is -1.96. The number of likely N-dealkylation sites (tertiary alicyclic amines) is 1. The third kappa shape index (κ3) is 4.70. The first kappa shape index (κ1) is 18.6. The van der Waals surface area contributed by atoms with Gasteiger partial charge in [0.25, 0.3) is 10.0 Å². The van der Waals surface area contributed by atoms with E-state index in [1.165, 1.54) is 12.5 Å². The summed E-state index contributed by atoms with van der Waals surface area (Å²) in [6.07, 6.45) is 5.73. The van der Waals surface area contributed by atoms with Crippen molar-refractivity contribution in [1.82, 2.24) is 19.2 Å². The van der Waals surface area contributed by atoms with Gasteiger partial charge in [0.2, 0.25) is 5.91 Å². The van der Waals surface area contributed by atoms with E-state index in [9.17, 15) is 13.2 Å². The lowest BCUT2D eigenvalue weighted by atomic mass is 10.1. The fraction of sp³-hybridized carbons (Fsp3) is 0.444. The van der Waals surface area contributed by atoms with Crippen LogP contribution in [0.4, 0.5) is 0 Å². The standard InChI is InChI=1S/C18H24N4O3S/c1-21-13-17(19-14-21)26(24,25)20-16-9-5-6-10-22(12-16)18(23)11-15-7-3-2-4-8-15/h2-4,7-8,13-14,16,20H,5-6,9-12H2,1H3/t16-/m1/s1. The van der Waals surface area contributed by atoms with Crippen LogP contribution in [0.3, 0.4) is 0 Å². The maximum absolute atomic E-state index is 12.6. The van der Waals surface area contributed by atoms with Crippen molar-refractivity contribution >= 4 is 15.9 Å². The molecule has 26 heavy (non-hydrogen) atoms. The topological polar surface area (TPSA) is 84.3 Å². The Labute approximate surface area is 154 Å². The van der Waals surface area contributed by atoms with E-state index in [1.54, 1.807) is 16.5 Å². The van der Waals surface area contributed by atoms with Gasteiger partial charge in [-0.2, -0.15) is 0 Å². The molecule has 1 aliphatic heterocycles. The predicted octanol–water partition coefficient (Wildman–Crippen LogP) is 1.32. The highest BCUT2D eigenvalue weighted by atomic mass is 32.2. The van der Waals surface area contributed by atoms with Gasteiger partial charge in [-0.25, -0.2) is 18.1 Å². The SMILES string of the molecule is Cn1cnc(S(=O)(=O)N[C@@H]2CCCCN(C(=O)Cc3ccccc3)C2)c1. The summed E-state index contributed by atoms with van der Waals surface area (Å²) >= 11 is 0. The Morgan fingerprint density at radius 1 is 1.27 bits per heavy atom. The number of nitrogens with zero attached hydrogens (tertiary/aromatic N) is 3. The molecule has 7 nitrogen and oxygen atoms in total. The molecule has 1 aromatic carbocycles. The van der Waals surface area contributed by atoms with E-state index in [2.05, 4.69) is 9.71 Å². The molecule has 1 N–H and O–H groups in total. The molecule has 0 saturated carbocycles. The highest BCUT2D eigenvalue weighted by Crippen LogP contribution is 2.15. The minimum absolute atomic E-state index is 0.00593. The van der Waals surface area contributed by atoms with Crippen molar-refractivity contribution in [3.8, 4) is 0 Å². The van der Waals surface area contributed by atoms with Gasteiger partial charge in [0.15, 0.2) is 5.03 Å². The molecule has 0 unspecified atom stereocenters. The first-order valence-electron chi connectivity index (χ1n) is 8.76. The van der Waals surface area contributed by atoms with Crippen LogP contribution in [-0.4, -0.2) is 47.9 Å². The van der Waals surface area contributed by atoms with Crippen LogP contribution in [0.2, 0.25) is 0 Å². The van der Waals surface area contributed by atoms with Gasteiger partial charge in [0.1, 0.15) is 0 Å². The summed E-state index contributed by atoms with van der Waals surface area (Å²) in [6.45, 7) is 1.05. The average Bonchev–Trinajstić information content (AvgIpc) is 2.92. The third-order valence-corrected chi connectivity index (χ3v) is 5.91. The van der Waals surface area contributed by atoms with Gasteiger partial charge in [0.05, 0.1) is 12.7 Å². The molecular formula is C18H24N4O3S. The number of nitrogens with one attached hydrogen (secondary N) is 1. The van der Waals surface area contributed by atoms with Crippen LogP contribution in [0.1, 0.15) is 24.8 Å². The number of carbonyl (C=O) groups is 1. The number of aryl methyl sites for hydroxylation is 1. The lowest BCUT2D eigenvalue weighted by Gasteiger charge is -2.25. The number of aromatic nitrogens is 2. The Morgan fingerprint density at radius 3 is 2.73 bits per heavy atom. The summed E-state index contributed by atoms with van der Waals surface area (Å²) in [5.41, 5.74) is 0.965. The fourth-order valence-electron chi connectivity index (χ4n) is 3.15. The van der Waals surface area contributed by atoms with Gasteiger partial charge < -0.3 is 9.47 Å². The molecule has 1 atom stereocenters. The zero-order chi connectivity index (χ0) is 18.6. The zero-order valence-electron chi connectivity index (χ0n) is 14.8. The van der Waals surface area contributed by atoms with Crippen molar-refractivity contribution in [2.24, 2.45) is 7.05 Å². The number of hydrogen-bond donors (Lipinski definition) is 1. The molecule has 1 aromatic heterocycles. The Morgan fingerprint density at radius 2 is 2.04 bits per heavy atom. The summed E-state index contributed by atoms with van der Waals surface area (Å²) < 4.78 is 29.3. The molecular weight excluding hydrogens is 352 g/mol. The molecule has 1 saturated heterocycles. The van der Waals surface area contributed by atoms with Crippen LogP contribution in [-0.2, 0) is 28.3 Å². The Hall–Kier alpha value is -2.19. The second kappa shape index (κ2) is 8.01. The van der Waals surface area contributed by atoms with Gasteiger partial charge in [-0.1, -0.05) is 36.8 Å². The summed E-state index contributed by atoms with van der Waals surface area (Å²) in [6, 6.07) is 9.30. The molecule has 0 spiro atoms. The van der Waals surface area contributed by atoms with Gasteiger partial charge >= 0.3 is 0 Å². The number of carbonyl (C=O) groups excluding carboxylic acids is 1. The van der Waals surface area contributed by atoms with Crippen molar-refractivity contribution in [3.63, 3.8) is 0 Å². The number of imidazole rings is 1. The highest BCUT2D eigenvalue weighted by molar-refractivity contribution is 7.89. The zero-order valence-corrected chi connectivity index (χ0v) is 15.7. The van der Waals surface area contributed by atoms with E-state index in [-0.39, 0.29) is 17.0 Å². The predicted molar refractivity (Wildman–Crippen MR) is 97.9 cm³/mol. The summed E-state index contributed by atoms with van der Waals surface area (Å²) in [4.78, 5) is 18.3. The molecule has 0 bridgehead atoms. The fourth-order valence-corrected chi connectivity index (χ4v) is 4.40.